The summed E-state index contributed by atoms with van der Waals surface area (Å²) < 4.78 is 0. The molecule has 3 aromatic rings. The Labute approximate surface area is 167 Å². The van der Waals surface area contributed by atoms with Crippen molar-refractivity contribution in [2.45, 2.75) is 25.4 Å². The number of likely N-dealkylation sites (tertiary alicyclic amines) is 1. The lowest BCUT2D eigenvalue weighted by molar-refractivity contribution is 0.211. The SMILES string of the molecule is Cl.c1ccc(CN2CCC(Nc3ccc(-c4ccccc4)nn3)CC2)cc1. The Morgan fingerprint density at radius 1 is 0.815 bits per heavy atom. The fourth-order valence-corrected chi connectivity index (χ4v) is 3.46. The standard InChI is InChI=1S/C22H24N4.ClH/c1-3-7-18(8-4-1)17-26-15-13-20(14-16-26)23-22-12-11-21(24-25-22)19-9-5-2-6-10-19;/h1-12,20H,13-17H2,(H,23,25);1H. The van der Waals surface area contributed by atoms with Crippen LogP contribution in [0.2, 0.25) is 0 Å². The summed E-state index contributed by atoms with van der Waals surface area (Å²) in [4.78, 5) is 2.53. The molecule has 1 aliphatic rings. The van der Waals surface area contributed by atoms with Gasteiger partial charge in [-0.05, 0) is 30.5 Å². The predicted molar refractivity (Wildman–Crippen MR) is 113 cm³/mol. The van der Waals surface area contributed by atoms with Crippen LogP contribution in [0.4, 0.5) is 5.82 Å². The molecular weight excluding hydrogens is 356 g/mol. The van der Waals surface area contributed by atoms with Gasteiger partial charge in [0.05, 0.1) is 5.69 Å². The number of anilines is 1. The monoisotopic (exact) mass is 380 g/mol. The fraction of sp³-hybridized carbons (Fsp3) is 0.273. The Balaban J connectivity index is 0.00000210. The number of benzene rings is 2. The Morgan fingerprint density at radius 2 is 1.48 bits per heavy atom. The van der Waals surface area contributed by atoms with Crippen molar-refractivity contribution in [2.24, 2.45) is 0 Å². The van der Waals surface area contributed by atoms with Crippen molar-refractivity contribution in [3.63, 3.8) is 0 Å². The van der Waals surface area contributed by atoms with E-state index in [-0.39, 0.29) is 12.4 Å². The molecule has 1 saturated heterocycles. The first kappa shape index (κ1) is 19.3. The zero-order valence-corrected chi connectivity index (χ0v) is 16.1. The molecule has 0 spiro atoms. The van der Waals surface area contributed by atoms with Gasteiger partial charge < -0.3 is 5.32 Å². The van der Waals surface area contributed by atoms with Crippen LogP contribution < -0.4 is 5.32 Å². The van der Waals surface area contributed by atoms with Crippen LogP contribution in [-0.2, 0) is 6.54 Å². The first-order chi connectivity index (χ1) is 12.9. The van der Waals surface area contributed by atoms with Crippen molar-refractivity contribution in [1.29, 1.82) is 0 Å². The highest BCUT2D eigenvalue weighted by Gasteiger charge is 2.19. The van der Waals surface area contributed by atoms with Gasteiger partial charge in [-0.1, -0.05) is 60.7 Å². The third-order valence-corrected chi connectivity index (χ3v) is 4.92. The lowest BCUT2D eigenvalue weighted by Crippen LogP contribution is -2.38. The Bertz CT molecular complexity index is 801. The molecule has 5 heteroatoms. The normalized spacial score (nSPS) is 15.1. The molecule has 0 radical (unpaired) electrons. The van der Waals surface area contributed by atoms with Crippen LogP contribution in [0.15, 0.2) is 72.8 Å². The number of halogens is 1. The molecule has 0 amide bonds. The van der Waals surface area contributed by atoms with Gasteiger partial charge in [-0.2, -0.15) is 0 Å². The molecule has 140 valence electrons. The smallest absolute Gasteiger partial charge is 0.148 e. The van der Waals surface area contributed by atoms with Crippen molar-refractivity contribution in [1.82, 2.24) is 15.1 Å². The lowest BCUT2D eigenvalue weighted by Gasteiger charge is -2.32. The predicted octanol–water partition coefficient (Wildman–Crippen LogP) is 4.64. The van der Waals surface area contributed by atoms with Gasteiger partial charge in [0.25, 0.3) is 0 Å². The molecule has 0 aliphatic carbocycles. The van der Waals surface area contributed by atoms with Gasteiger partial charge >= 0.3 is 0 Å². The van der Waals surface area contributed by atoms with Crippen LogP contribution in [0.5, 0.6) is 0 Å². The zero-order chi connectivity index (χ0) is 17.6. The van der Waals surface area contributed by atoms with Crippen molar-refractivity contribution in [2.75, 3.05) is 18.4 Å². The Kier molecular flexibility index (Phi) is 6.80. The first-order valence-corrected chi connectivity index (χ1v) is 9.29. The fourth-order valence-electron chi connectivity index (χ4n) is 3.46. The van der Waals surface area contributed by atoms with Crippen LogP contribution in [0, 0.1) is 0 Å². The van der Waals surface area contributed by atoms with E-state index in [9.17, 15) is 0 Å². The van der Waals surface area contributed by atoms with Crippen LogP contribution in [0.1, 0.15) is 18.4 Å². The number of nitrogens with one attached hydrogen (secondary N) is 1. The van der Waals surface area contributed by atoms with E-state index in [1.807, 2.05) is 30.3 Å². The second kappa shape index (κ2) is 9.49. The second-order valence-electron chi connectivity index (χ2n) is 6.85. The number of rotatable bonds is 5. The number of aromatic nitrogens is 2. The van der Waals surface area contributed by atoms with Crippen molar-refractivity contribution in [3.8, 4) is 11.3 Å². The molecule has 27 heavy (non-hydrogen) atoms. The summed E-state index contributed by atoms with van der Waals surface area (Å²) in [5.74, 6) is 0.867. The van der Waals surface area contributed by atoms with E-state index in [1.54, 1.807) is 0 Å². The maximum Gasteiger partial charge on any atom is 0.148 e. The van der Waals surface area contributed by atoms with Gasteiger partial charge in [-0.25, -0.2) is 0 Å². The van der Waals surface area contributed by atoms with Gasteiger partial charge in [0.1, 0.15) is 5.82 Å². The van der Waals surface area contributed by atoms with Crippen molar-refractivity contribution in [3.05, 3.63) is 78.4 Å². The molecule has 0 atom stereocenters. The third-order valence-electron chi connectivity index (χ3n) is 4.92. The number of hydrogen-bond donors (Lipinski definition) is 1. The maximum atomic E-state index is 4.36. The maximum absolute atomic E-state index is 4.36. The minimum Gasteiger partial charge on any atom is -0.366 e. The second-order valence-corrected chi connectivity index (χ2v) is 6.85. The van der Waals surface area contributed by atoms with E-state index in [2.05, 4.69) is 62.9 Å². The molecule has 1 fully saturated rings. The van der Waals surface area contributed by atoms with E-state index >= 15 is 0 Å². The molecule has 4 nitrogen and oxygen atoms in total. The number of hydrogen-bond acceptors (Lipinski definition) is 4. The van der Waals surface area contributed by atoms with Crippen molar-refractivity contribution < 1.29 is 0 Å². The molecular formula is C22H25ClN4. The molecule has 0 bridgehead atoms. The van der Waals surface area contributed by atoms with E-state index in [0.717, 1.165) is 49.6 Å². The van der Waals surface area contributed by atoms with Crippen molar-refractivity contribution >= 4 is 18.2 Å². The van der Waals surface area contributed by atoms with Crippen LogP contribution >= 0.6 is 12.4 Å². The van der Waals surface area contributed by atoms with Gasteiger partial charge in [0.15, 0.2) is 0 Å². The van der Waals surface area contributed by atoms with Crippen LogP contribution in [-0.4, -0.2) is 34.2 Å². The molecule has 2 heterocycles. The minimum atomic E-state index is 0. The summed E-state index contributed by atoms with van der Waals surface area (Å²) >= 11 is 0. The molecule has 2 aromatic carbocycles. The highest BCUT2D eigenvalue weighted by molar-refractivity contribution is 5.85. The van der Waals surface area contributed by atoms with E-state index in [4.69, 9.17) is 0 Å². The largest absolute Gasteiger partial charge is 0.366 e. The van der Waals surface area contributed by atoms with E-state index < -0.39 is 0 Å². The number of nitrogens with zero attached hydrogens (tertiary/aromatic N) is 3. The summed E-state index contributed by atoms with van der Waals surface area (Å²) in [6.07, 6.45) is 2.27. The molecule has 0 saturated carbocycles. The average molecular weight is 381 g/mol. The van der Waals surface area contributed by atoms with E-state index in [0.29, 0.717) is 6.04 Å². The Morgan fingerprint density at radius 3 is 2.11 bits per heavy atom. The van der Waals surface area contributed by atoms with Gasteiger partial charge in [-0.15, -0.1) is 22.6 Å². The summed E-state index contributed by atoms with van der Waals surface area (Å²) in [6.45, 7) is 3.27. The zero-order valence-electron chi connectivity index (χ0n) is 15.3. The summed E-state index contributed by atoms with van der Waals surface area (Å²) in [6, 6.07) is 25.4. The lowest BCUT2D eigenvalue weighted by atomic mass is 10.0. The molecule has 1 N–H and O–H groups in total. The molecule has 4 rings (SSSR count). The molecule has 1 aliphatic heterocycles. The summed E-state index contributed by atoms with van der Waals surface area (Å²) in [5, 5.41) is 12.3. The average Bonchev–Trinajstić information content (AvgIpc) is 2.72. The van der Waals surface area contributed by atoms with Crippen LogP contribution in [0.25, 0.3) is 11.3 Å². The summed E-state index contributed by atoms with van der Waals surface area (Å²) in [7, 11) is 0. The first-order valence-electron chi connectivity index (χ1n) is 9.29. The highest BCUT2D eigenvalue weighted by Crippen LogP contribution is 2.19. The van der Waals surface area contributed by atoms with Crippen LogP contribution in [0.3, 0.4) is 0 Å². The van der Waals surface area contributed by atoms with Gasteiger partial charge in [0, 0.05) is 31.2 Å². The molecule has 1 aromatic heterocycles. The van der Waals surface area contributed by atoms with Gasteiger partial charge in [-0.3, -0.25) is 4.90 Å². The summed E-state index contributed by atoms with van der Waals surface area (Å²) in [5.41, 5.74) is 3.40. The van der Waals surface area contributed by atoms with E-state index in [1.165, 1.54) is 5.56 Å². The quantitative estimate of drug-likeness (QED) is 0.700. The highest BCUT2D eigenvalue weighted by atomic mass is 35.5. The number of piperidine rings is 1. The topological polar surface area (TPSA) is 41.0 Å². The molecule has 0 unspecified atom stereocenters. The Hall–Kier alpha value is -2.43. The van der Waals surface area contributed by atoms with Gasteiger partial charge in [0.2, 0.25) is 0 Å². The minimum absolute atomic E-state index is 0. The third kappa shape index (κ3) is 5.28.